The number of nitrogens with one attached hydrogen (secondary N) is 3. The molecule has 200 valence electrons. The van der Waals surface area contributed by atoms with Crippen LogP contribution in [-0.4, -0.2) is 73.5 Å². The highest BCUT2D eigenvalue weighted by Gasteiger charge is 2.22. The van der Waals surface area contributed by atoms with Crippen LogP contribution in [0.5, 0.6) is 0 Å². The van der Waals surface area contributed by atoms with E-state index in [-0.39, 0.29) is 36.3 Å². The number of rotatable bonds is 16. The van der Waals surface area contributed by atoms with E-state index in [0.717, 1.165) is 17.7 Å². The van der Waals surface area contributed by atoms with Gasteiger partial charge in [-0.1, -0.05) is 36.8 Å². The number of methoxy groups -OCH3 is 1. The lowest BCUT2D eigenvalue weighted by Crippen LogP contribution is -2.52. The normalized spacial score (nSPS) is 11.6. The van der Waals surface area contributed by atoms with Crippen LogP contribution in [-0.2, 0) is 30.3 Å². The molecule has 10 nitrogen and oxygen atoms in total. The average Bonchev–Trinajstić information content (AvgIpc) is 2.82. The molecule has 0 unspecified atom stereocenters. The molecule has 2 atom stereocenters. The van der Waals surface area contributed by atoms with E-state index in [1.165, 1.54) is 7.11 Å². The Morgan fingerprint density at radius 3 is 2.34 bits per heavy atom. The van der Waals surface area contributed by atoms with Crippen LogP contribution in [0.2, 0.25) is 0 Å². The van der Waals surface area contributed by atoms with Crippen molar-refractivity contribution in [2.45, 2.75) is 50.6 Å². The molecule has 1 aromatic carbocycles. The molecule has 0 spiro atoms. The van der Waals surface area contributed by atoms with Gasteiger partial charge in [0.25, 0.3) is 0 Å². The summed E-state index contributed by atoms with van der Waals surface area (Å²) < 4.78 is 4.60. The van der Waals surface area contributed by atoms with Gasteiger partial charge in [0.05, 0.1) is 19.7 Å². The number of hydrogen-bond donors (Lipinski definition) is 4. The summed E-state index contributed by atoms with van der Waals surface area (Å²) in [6.07, 6.45) is 5.29. The maximum Gasteiger partial charge on any atom is 0.305 e. The summed E-state index contributed by atoms with van der Waals surface area (Å²) in [6, 6.07) is 7.91. The van der Waals surface area contributed by atoms with Crippen LogP contribution in [0.1, 0.15) is 37.7 Å². The second-order valence-electron chi connectivity index (χ2n) is 7.59. The van der Waals surface area contributed by atoms with Crippen molar-refractivity contribution in [3.63, 3.8) is 0 Å². The Morgan fingerprint density at radius 2 is 1.71 bits per heavy atom. The number of carbonyl (C=O) groups excluding carboxylic acids is 4. The highest BCUT2D eigenvalue weighted by molar-refractivity contribution is 7.98. The Hall–Kier alpha value is -2.34. The van der Waals surface area contributed by atoms with Gasteiger partial charge >= 0.3 is 5.97 Å². The smallest absolute Gasteiger partial charge is 0.305 e. The molecular formula is C23H39ClN4O6S. The third kappa shape index (κ3) is 16.0. The van der Waals surface area contributed by atoms with Crippen LogP contribution in [0.4, 0.5) is 0 Å². The Morgan fingerprint density at radius 1 is 1.03 bits per heavy atom. The first kappa shape index (κ1) is 34.8. The number of ether oxygens (including phenoxy) is 1. The molecule has 7 N–H and O–H groups in total. The number of esters is 1. The Balaban J connectivity index is 0. The summed E-state index contributed by atoms with van der Waals surface area (Å²) >= 11 is 1.59. The zero-order valence-corrected chi connectivity index (χ0v) is 22.0. The fourth-order valence-electron chi connectivity index (χ4n) is 2.99. The first-order chi connectivity index (χ1) is 15.9. The molecular weight excluding hydrogens is 496 g/mol. The van der Waals surface area contributed by atoms with Crippen LogP contribution in [0, 0.1) is 0 Å². The molecule has 3 amide bonds. The monoisotopic (exact) mass is 534 g/mol. The van der Waals surface area contributed by atoms with Gasteiger partial charge in [0.15, 0.2) is 0 Å². The van der Waals surface area contributed by atoms with E-state index in [2.05, 4.69) is 20.7 Å². The van der Waals surface area contributed by atoms with Crippen molar-refractivity contribution in [2.24, 2.45) is 5.73 Å². The van der Waals surface area contributed by atoms with E-state index in [0.29, 0.717) is 38.6 Å². The minimum Gasteiger partial charge on any atom is -0.469 e. The number of thioether (sulfide) groups is 1. The quantitative estimate of drug-likeness (QED) is 0.175. The van der Waals surface area contributed by atoms with Gasteiger partial charge in [-0.05, 0) is 36.8 Å². The number of nitrogens with two attached hydrogens (primary N) is 1. The summed E-state index contributed by atoms with van der Waals surface area (Å²) in [7, 11) is 1.36. The fourth-order valence-corrected chi connectivity index (χ4v) is 3.48. The molecule has 1 rings (SSSR count). The van der Waals surface area contributed by atoms with Crippen molar-refractivity contribution in [1.82, 2.24) is 16.0 Å². The molecule has 0 saturated heterocycles. The molecule has 0 fully saturated rings. The summed E-state index contributed by atoms with van der Waals surface area (Å²) in [6.45, 7) is 0.181. The van der Waals surface area contributed by atoms with E-state index in [4.69, 9.17) is 5.73 Å². The van der Waals surface area contributed by atoms with Crippen molar-refractivity contribution in [3.8, 4) is 0 Å². The lowest BCUT2D eigenvalue weighted by atomic mass is 10.0. The average molecular weight is 535 g/mol. The molecule has 0 aromatic heterocycles. The van der Waals surface area contributed by atoms with Crippen molar-refractivity contribution >= 4 is 47.9 Å². The highest BCUT2D eigenvalue weighted by atomic mass is 35.5. The van der Waals surface area contributed by atoms with Gasteiger partial charge in [0, 0.05) is 19.4 Å². The molecule has 35 heavy (non-hydrogen) atoms. The van der Waals surface area contributed by atoms with Crippen LogP contribution < -0.4 is 21.7 Å². The van der Waals surface area contributed by atoms with Gasteiger partial charge < -0.3 is 31.9 Å². The molecule has 0 aliphatic heterocycles. The number of unbranched alkanes of at least 4 members (excludes halogenated alkanes) is 2. The molecule has 12 heteroatoms. The highest BCUT2D eigenvalue weighted by Crippen LogP contribution is 2.05. The second-order valence-corrected chi connectivity index (χ2v) is 8.58. The molecule has 0 aliphatic carbocycles. The predicted octanol–water partition coefficient (Wildman–Crippen LogP) is 0.357. The molecule has 0 saturated carbocycles. The van der Waals surface area contributed by atoms with Crippen molar-refractivity contribution in [2.75, 3.05) is 32.2 Å². The summed E-state index contributed by atoms with van der Waals surface area (Å²) in [5.41, 5.74) is 6.71. The van der Waals surface area contributed by atoms with Crippen LogP contribution >= 0.6 is 24.2 Å². The van der Waals surface area contributed by atoms with Crippen LogP contribution in [0.15, 0.2) is 30.3 Å². The van der Waals surface area contributed by atoms with Crippen LogP contribution in [0.3, 0.4) is 0 Å². The predicted molar refractivity (Wildman–Crippen MR) is 140 cm³/mol. The minimum atomic E-state index is -0.781. The fraction of sp³-hybridized carbons (Fsp3) is 0.565. The van der Waals surface area contributed by atoms with Gasteiger partial charge in [-0.15, -0.1) is 12.4 Å². The van der Waals surface area contributed by atoms with E-state index >= 15 is 0 Å². The third-order valence-corrected chi connectivity index (χ3v) is 5.56. The maximum atomic E-state index is 12.7. The summed E-state index contributed by atoms with van der Waals surface area (Å²) in [5.74, 6) is -0.655. The van der Waals surface area contributed by atoms with E-state index in [1.807, 2.05) is 36.6 Å². The van der Waals surface area contributed by atoms with Gasteiger partial charge in [-0.2, -0.15) is 11.8 Å². The van der Waals surface area contributed by atoms with E-state index in [9.17, 15) is 19.2 Å². The zero-order chi connectivity index (χ0) is 24.5. The Bertz CT molecular complexity index is 757. The van der Waals surface area contributed by atoms with E-state index < -0.39 is 23.9 Å². The zero-order valence-electron chi connectivity index (χ0n) is 20.3. The topological polar surface area (TPSA) is 171 Å². The van der Waals surface area contributed by atoms with Gasteiger partial charge in [0.1, 0.15) is 6.04 Å². The van der Waals surface area contributed by atoms with Gasteiger partial charge in [0.2, 0.25) is 17.7 Å². The van der Waals surface area contributed by atoms with Gasteiger partial charge in [-0.25, -0.2) is 0 Å². The largest absolute Gasteiger partial charge is 0.469 e. The number of halogens is 1. The first-order valence-electron chi connectivity index (χ1n) is 11.1. The molecule has 0 aliphatic rings. The summed E-state index contributed by atoms with van der Waals surface area (Å²) in [4.78, 5) is 48.3. The third-order valence-electron chi connectivity index (χ3n) is 4.91. The first-order valence-corrected chi connectivity index (χ1v) is 12.5. The number of benzene rings is 1. The number of hydrogen-bond acceptors (Lipinski definition) is 7. The maximum absolute atomic E-state index is 12.7. The van der Waals surface area contributed by atoms with E-state index in [1.54, 1.807) is 11.8 Å². The number of carbonyl (C=O) groups is 4. The second kappa shape index (κ2) is 21.0. The van der Waals surface area contributed by atoms with Crippen LogP contribution in [0.25, 0.3) is 0 Å². The molecule has 1 aromatic rings. The van der Waals surface area contributed by atoms with Crippen molar-refractivity contribution in [1.29, 1.82) is 0 Å². The molecule has 0 bridgehead atoms. The Kier molecular flexibility index (Phi) is 20.9. The standard InChI is InChI=1S/C23H36N4O5S.ClH.H2O/c1-32-21(29)11-7-4-8-13-25-23(31)19(15-17-9-5-3-6-10-17)27-20(28)16-26-22(30)18(24)12-14-33-2;;/h3,5-6,9-10,18-19H,4,7-8,11-16,24H2,1-2H3,(H,25,31)(H,26,30)(H,27,28);1H;1H2/t18-,19+;;/m1../s1. The number of amides is 3. The SMILES string of the molecule is COC(=O)CCCCCNC(=O)[C@H](Cc1ccccc1)NC(=O)CNC(=O)[C@H](N)CCSC.Cl.O. The lowest BCUT2D eigenvalue weighted by Gasteiger charge is -2.19. The lowest BCUT2D eigenvalue weighted by molar-refractivity contribution is -0.140. The molecule has 0 radical (unpaired) electrons. The molecule has 0 heterocycles. The summed E-state index contributed by atoms with van der Waals surface area (Å²) in [5, 5.41) is 8.07. The van der Waals surface area contributed by atoms with Gasteiger partial charge in [-0.3, -0.25) is 19.2 Å². The van der Waals surface area contributed by atoms with Crippen molar-refractivity contribution in [3.05, 3.63) is 35.9 Å². The Labute approximate surface area is 217 Å². The van der Waals surface area contributed by atoms with Crippen molar-refractivity contribution < 1.29 is 29.4 Å². The minimum absolute atomic E-state index is 0.